The maximum absolute atomic E-state index is 13.9. The summed E-state index contributed by atoms with van der Waals surface area (Å²) in [6.45, 7) is 11.2. The van der Waals surface area contributed by atoms with Gasteiger partial charge in [-0.15, -0.1) is 12.4 Å². The maximum atomic E-state index is 13.9. The van der Waals surface area contributed by atoms with Crippen molar-refractivity contribution in [3.8, 4) is 23.3 Å². The van der Waals surface area contributed by atoms with E-state index in [0.29, 0.717) is 116 Å². The van der Waals surface area contributed by atoms with E-state index < -0.39 is 33.8 Å². The minimum atomic E-state index is -3.55. The molecule has 23 nitrogen and oxygen atoms in total. The molecule has 6 aromatic rings. The van der Waals surface area contributed by atoms with Crippen LogP contribution in [0.2, 0.25) is 0 Å². The zero-order valence-electron chi connectivity index (χ0n) is 40.6. The molecule has 2 aliphatic heterocycles. The third-order valence-electron chi connectivity index (χ3n) is 12.3. The molecular weight excluding hydrogens is 970 g/mol. The molecule has 8 rings (SSSR count). The van der Waals surface area contributed by atoms with Crippen LogP contribution >= 0.6 is 12.4 Å². The highest BCUT2D eigenvalue weighted by Gasteiger charge is 2.33. The van der Waals surface area contributed by atoms with Crippen LogP contribution < -0.4 is 36.9 Å². The van der Waals surface area contributed by atoms with Gasteiger partial charge in [0.25, 0.3) is 22.0 Å². The van der Waals surface area contributed by atoms with Gasteiger partial charge in [0.15, 0.2) is 0 Å². The smallest absolute Gasteiger partial charge is 0.282 e. The van der Waals surface area contributed by atoms with Crippen molar-refractivity contribution in [2.24, 2.45) is 17.4 Å². The fourth-order valence-electron chi connectivity index (χ4n) is 8.76. The quantitative estimate of drug-likeness (QED) is 0.0650. The summed E-state index contributed by atoms with van der Waals surface area (Å²) < 4.78 is 48.1. The predicted molar refractivity (Wildman–Crippen MR) is 272 cm³/mol. The number of allylic oxidation sites excluding steroid dienone is 2. The molecule has 72 heavy (non-hydrogen) atoms. The molecule has 0 unspecified atom stereocenters. The van der Waals surface area contributed by atoms with Gasteiger partial charge in [-0.3, -0.25) is 39.2 Å². The lowest BCUT2D eigenvalue weighted by Crippen LogP contribution is -2.53. The highest BCUT2D eigenvalue weighted by atomic mass is 35.5. The Morgan fingerprint density at radius 2 is 1.22 bits per heavy atom. The average Bonchev–Trinajstić information content (AvgIpc) is 4.13. The minimum absolute atomic E-state index is 0. The number of ether oxygens (including phenoxy) is 2. The lowest BCUT2D eigenvalue weighted by molar-refractivity contribution is 0.0991. The van der Waals surface area contributed by atoms with E-state index in [1.165, 1.54) is 40.0 Å². The van der Waals surface area contributed by atoms with Crippen LogP contribution in [0.1, 0.15) is 79.8 Å². The van der Waals surface area contributed by atoms with Crippen molar-refractivity contribution in [1.29, 1.82) is 0 Å². The number of methoxy groups -OCH3 is 1. The van der Waals surface area contributed by atoms with Gasteiger partial charge in [0.05, 0.1) is 29.5 Å². The van der Waals surface area contributed by atoms with Gasteiger partial charge in [-0.05, 0) is 76.9 Å². The van der Waals surface area contributed by atoms with Crippen LogP contribution in [-0.2, 0) is 36.4 Å². The first-order valence-electron chi connectivity index (χ1n) is 23.3. The van der Waals surface area contributed by atoms with Gasteiger partial charge in [-0.1, -0.05) is 24.0 Å². The number of nitrogens with zero attached hydrogens (tertiary/aromatic N) is 10. The molecule has 2 aromatic carbocycles. The van der Waals surface area contributed by atoms with Gasteiger partial charge in [-0.2, -0.15) is 27.2 Å². The Bertz CT molecular complexity index is 3240. The summed E-state index contributed by atoms with van der Waals surface area (Å²) in [5.41, 5.74) is 15.2. The Balaban J connectivity index is 0.00000760. The number of imidazole rings is 2. The largest absolute Gasteiger partial charge is 0.494 e. The first kappa shape index (κ1) is 52.5. The Kier molecular flexibility index (Phi) is 16.4. The molecule has 2 fully saturated rings. The van der Waals surface area contributed by atoms with Gasteiger partial charge in [0.2, 0.25) is 23.7 Å². The SMILES string of the molecule is CCn1nc(C)cc1C(=O)Nc1nc2cc(C(N)=O)cc(OC)c2n1CC=CCn1c(NC(=O)c2cc(C)nn2CC)nc2cc(C(N)=O)cc(OCC#CC3CCN(S(=O)(=O)N4CCNCC4)CC3)c21.Cl. The second-order valence-electron chi connectivity index (χ2n) is 17.0. The summed E-state index contributed by atoms with van der Waals surface area (Å²) in [7, 11) is -2.10. The second kappa shape index (κ2) is 22.4. The van der Waals surface area contributed by atoms with E-state index >= 15 is 0 Å². The van der Waals surface area contributed by atoms with Gasteiger partial charge in [0.1, 0.15) is 40.5 Å². The molecule has 25 heteroatoms. The lowest BCUT2D eigenvalue weighted by Gasteiger charge is -2.35. The molecule has 6 heterocycles. The molecule has 7 N–H and O–H groups in total. The average molecular weight is 1030 g/mol. The van der Waals surface area contributed by atoms with Crippen LogP contribution in [-0.4, -0.2) is 132 Å². The third-order valence-corrected chi connectivity index (χ3v) is 14.3. The van der Waals surface area contributed by atoms with Crippen LogP contribution in [0, 0.1) is 31.6 Å². The van der Waals surface area contributed by atoms with Crippen LogP contribution in [0.15, 0.2) is 48.6 Å². The highest BCUT2D eigenvalue weighted by Crippen LogP contribution is 2.33. The number of aromatic nitrogens is 8. The molecule has 0 saturated carbocycles. The zero-order valence-corrected chi connectivity index (χ0v) is 42.2. The zero-order chi connectivity index (χ0) is 50.6. The molecule has 4 aromatic heterocycles. The number of primary amides is 2. The number of nitrogens with one attached hydrogen (secondary N) is 3. The van der Waals surface area contributed by atoms with Crippen molar-refractivity contribution in [2.75, 3.05) is 63.6 Å². The van der Waals surface area contributed by atoms with E-state index in [0.717, 1.165) is 0 Å². The number of amides is 4. The van der Waals surface area contributed by atoms with E-state index in [9.17, 15) is 27.6 Å². The molecule has 4 amide bonds. The van der Waals surface area contributed by atoms with Crippen LogP contribution in [0.3, 0.4) is 0 Å². The van der Waals surface area contributed by atoms with Crippen LogP contribution in [0.25, 0.3) is 22.1 Å². The number of anilines is 2. The molecular formula is C47H58ClN15O8S. The summed E-state index contributed by atoms with van der Waals surface area (Å²) in [5.74, 6) is 4.72. The first-order valence-corrected chi connectivity index (χ1v) is 24.7. The first-order chi connectivity index (χ1) is 34.1. The van der Waals surface area contributed by atoms with Gasteiger partial charge in [-0.25, -0.2) is 9.97 Å². The van der Waals surface area contributed by atoms with Gasteiger partial charge >= 0.3 is 0 Å². The Labute approximate surface area is 421 Å². The Hall–Kier alpha value is -7.30. The summed E-state index contributed by atoms with van der Waals surface area (Å²) in [4.78, 5) is 62.1. The van der Waals surface area contributed by atoms with Crippen LogP contribution in [0.5, 0.6) is 11.5 Å². The predicted octanol–water partition coefficient (Wildman–Crippen LogP) is 3.07. The summed E-state index contributed by atoms with van der Waals surface area (Å²) >= 11 is 0. The number of rotatable bonds is 17. The topological polar surface area (TPSA) is 287 Å². The van der Waals surface area contributed by atoms with Gasteiger partial charge < -0.3 is 35.4 Å². The molecule has 2 saturated heterocycles. The van der Waals surface area contributed by atoms with E-state index in [-0.39, 0.29) is 66.8 Å². The number of piperazine rings is 1. The molecule has 0 radical (unpaired) electrons. The maximum Gasteiger partial charge on any atom is 0.282 e. The van der Waals surface area contributed by atoms with Crippen molar-refractivity contribution < 1.29 is 37.1 Å². The summed E-state index contributed by atoms with van der Waals surface area (Å²) in [6, 6.07) is 9.38. The fourth-order valence-corrected chi connectivity index (χ4v) is 10.4. The lowest BCUT2D eigenvalue weighted by atomic mass is 9.99. The van der Waals surface area contributed by atoms with E-state index in [4.69, 9.17) is 30.9 Å². The minimum Gasteiger partial charge on any atom is -0.494 e. The number of hydrogen-bond donors (Lipinski definition) is 5. The molecule has 0 spiro atoms. The Morgan fingerprint density at radius 3 is 1.69 bits per heavy atom. The van der Waals surface area contributed by atoms with Crippen molar-refractivity contribution in [1.82, 2.24) is 52.6 Å². The number of fused-ring (bicyclic) bond motifs is 2. The second-order valence-corrected chi connectivity index (χ2v) is 18.9. The third kappa shape index (κ3) is 11.1. The van der Waals surface area contributed by atoms with Crippen molar-refractivity contribution in [3.63, 3.8) is 0 Å². The number of benzene rings is 2. The van der Waals surface area contributed by atoms with Crippen LogP contribution in [0.4, 0.5) is 11.9 Å². The standard InChI is InChI=1S/C47H57N15O8S.ClH/c1-6-61-36(23-29(3)55-61)44(65)53-46-51-34-25-32(42(48)63)27-38(69-5)40(34)59(46)16-8-9-17-60-41-35(52-47(60)54-45(66)37-24-30(4)56-62(37)7-2)26-33(43(49)64)28-39(41)70-22-10-11-31-12-18-57(19-13-31)71(67,68)58-20-14-50-15-21-58;/h8-9,23-28,31,50H,6-7,12-22H2,1-5H3,(H2,48,63)(H2,49,64)(H,51,53,65)(H,52,54,66);1H. The number of halogens is 1. The highest BCUT2D eigenvalue weighted by molar-refractivity contribution is 7.86. The number of carbonyl (C=O) groups excluding carboxylic acids is 4. The van der Waals surface area contributed by atoms with Gasteiger partial charge in [0, 0.05) is 82.5 Å². The normalized spacial score (nSPS) is 14.8. The summed E-state index contributed by atoms with van der Waals surface area (Å²) in [5, 5.41) is 17.9. The summed E-state index contributed by atoms with van der Waals surface area (Å²) in [6.07, 6.45) is 4.75. The monoisotopic (exact) mass is 1030 g/mol. The number of nitrogens with two attached hydrogens (primary N) is 2. The van der Waals surface area contributed by atoms with Crippen molar-refractivity contribution in [2.45, 2.75) is 66.7 Å². The fraction of sp³-hybridized carbons (Fsp3) is 0.404. The molecule has 0 aliphatic carbocycles. The number of hydrogen-bond acceptors (Lipinski definition) is 13. The van der Waals surface area contributed by atoms with Crippen molar-refractivity contribution >= 4 is 80.2 Å². The van der Waals surface area contributed by atoms with E-state index in [1.807, 2.05) is 26.0 Å². The number of aryl methyl sites for hydroxylation is 4. The Morgan fingerprint density at radius 1 is 0.750 bits per heavy atom. The molecule has 0 bridgehead atoms. The number of piperidine rings is 1. The molecule has 382 valence electrons. The van der Waals surface area contributed by atoms with E-state index in [1.54, 1.807) is 44.5 Å². The van der Waals surface area contributed by atoms with E-state index in [2.05, 4.69) is 38.0 Å². The molecule has 2 aliphatic rings. The van der Waals surface area contributed by atoms with Crippen molar-refractivity contribution in [3.05, 3.63) is 82.5 Å². The molecule has 0 atom stereocenters. The number of carbonyl (C=O) groups is 4.